The number of allylic oxidation sites excluding steroid dienone is 1. The SMILES string of the molecule is C=C(O)/C=[N+]1/CCOC1=O. The van der Waals surface area contributed by atoms with Crippen LogP contribution in [0, 0.1) is 0 Å². The number of carbonyl (C=O) groups excluding carboxylic acids is 1. The van der Waals surface area contributed by atoms with Crippen LogP contribution in [-0.4, -0.2) is 35.1 Å². The van der Waals surface area contributed by atoms with Gasteiger partial charge in [0.25, 0.3) is 0 Å². The molecular weight excluding hydrogens is 134 g/mol. The van der Waals surface area contributed by atoms with Crippen molar-refractivity contribution >= 4 is 12.3 Å². The van der Waals surface area contributed by atoms with E-state index in [4.69, 9.17) is 5.11 Å². The number of aliphatic hydroxyl groups is 1. The van der Waals surface area contributed by atoms with Crippen LogP contribution in [0.3, 0.4) is 0 Å². The molecule has 0 saturated carbocycles. The third kappa shape index (κ3) is 1.34. The molecule has 1 aliphatic heterocycles. The molecule has 0 aromatic carbocycles. The molecule has 1 aliphatic rings. The number of cyclic esters (lactones) is 1. The molecule has 0 aromatic rings. The first-order valence-electron chi connectivity index (χ1n) is 2.86. The molecule has 1 rings (SSSR count). The number of ether oxygens (including phenoxy) is 1. The molecule has 0 bridgehead atoms. The van der Waals surface area contributed by atoms with Gasteiger partial charge in [-0.05, 0) is 0 Å². The summed E-state index contributed by atoms with van der Waals surface area (Å²) < 4.78 is 5.84. The van der Waals surface area contributed by atoms with Gasteiger partial charge in [0.1, 0.15) is 0 Å². The van der Waals surface area contributed by atoms with Crippen molar-refractivity contribution in [1.82, 2.24) is 0 Å². The second-order valence-corrected chi connectivity index (χ2v) is 1.93. The van der Waals surface area contributed by atoms with Crippen molar-refractivity contribution in [1.29, 1.82) is 0 Å². The summed E-state index contributed by atoms with van der Waals surface area (Å²) in [5.41, 5.74) is 0. The lowest BCUT2D eigenvalue weighted by Crippen LogP contribution is -2.13. The predicted octanol–water partition coefficient (Wildman–Crippen LogP) is 0.292. The van der Waals surface area contributed by atoms with Gasteiger partial charge in [-0.1, -0.05) is 6.58 Å². The highest BCUT2D eigenvalue weighted by Gasteiger charge is 2.27. The van der Waals surface area contributed by atoms with E-state index in [9.17, 15) is 4.79 Å². The van der Waals surface area contributed by atoms with Gasteiger partial charge in [0.2, 0.25) is 6.21 Å². The number of nitrogens with zero attached hydrogens (tertiary/aromatic N) is 1. The van der Waals surface area contributed by atoms with Crippen molar-refractivity contribution in [2.24, 2.45) is 0 Å². The Morgan fingerprint density at radius 2 is 2.60 bits per heavy atom. The Labute approximate surface area is 58.0 Å². The highest BCUT2D eigenvalue weighted by Crippen LogP contribution is 1.94. The molecule has 0 atom stereocenters. The maximum atomic E-state index is 10.6. The van der Waals surface area contributed by atoms with E-state index in [-0.39, 0.29) is 5.76 Å². The van der Waals surface area contributed by atoms with E-state index in [0.29, 0.717) is 13.2 Å². The van der Waals surface area contributed by atoms with E-state index < -0.39 is 6.09 Å². The summed E-state index contributed by atoms with van der Waals surface area (Å²) in [5, 5.41) is 8.63. The predicted molar refractivity (Wildman–Crippen MR) is 34.3 cm³/mol. The Morgan fingerprint density at radius 1 is 1.90 bits per heavy atom. The van der Waals surface area contributed by atoms with Crippen LogP contribution in [-0.2, 0) is 4.74 Å². The second kappa shape index (κ2) is 2.51. The Hall–Kier alpha value is -1.32. The van der Waals surface area contributed by atoms with Crippen LogP contribution in [0.4, 0.5) is 4.79 Å². The van der Waals surface area contributed by atoms with Gasteiger partial charge in [0.05, 0.1) is 0 Å². The molecule has 1 fully saturated rings. The smallest absolute Gasteiger partial charge is 0.503 e. The summed E-state index contributed by atoms with van der Waals surface area (Å²) in [6.45, 7) is 4.07. The summed E-state index contributed by atoms with van der Waals surface area (Å²) in [7, 11) is 0. The average Bonchev–Trinajstić information content (AvgIpc) is 2.15. The Kier molecular flexibility index (Phi) is 1.71. The number of amides is 1. The molecule has 4 heteroatoms. The zero-order valence-corrected chi connectivity index (χ0v) is 5.41. The fraction of sp³-hybridized carbons (Fsp3) is 0.333. The van der Waals surface area contributed by atoms with Gasteiger partial charge < -0.3 is 9.84 Å². The van der Waals surface area contributed by atoms with Gasteiger partial charge >= 0.3 is 6.09 Å². The summed E-state index contributed by atoms with van der Waals surface area (Å²) in [4.78, 5) is 10.6. The van der Waals surface area contributed by atoms with Crippen molar-refractivity contribution in [2.75, 3.05) is 13.2 Å². The van der Waals surface area contributed by atoms with Gasteiger partial charge in [-0.3, -0.25) is 0 Å². The van der Waals surface area contributed by atoms with Crippen LogP contribution in [0.2, 0.25) is 0 Å². The van der Waals surface area contributed by atoms with Crippen LogP contribution in [0.5, 0.6) is 0 Å². The topological polar surface area (TPSA) is 49.5 Å². The van der Waals surface area contributed by atoms with Gasteiger partial charge in [0.15, 0.2) is 18.9 Å². The van der Waals surface area contributed by atoms with Crippen LogP contribution in [0.1, 0.15) is 0 Å². The van der Waals surface area contributed by atoms with E-state index >= 15 is 0 Å². The minimum absolute atomic E-state index is 0.140. The molecule has 1 heterocycles. The van der Waals surface area contributed by atoms with Crippen molar-refractivity contribution in [3.63, 3.8) is 0 Å². The minimum atomic E-state index is -0.435. The highest BCUT2D eigenvalue weighted by atomic mass is 16.6. The van der Waals surface area contributed by atoms with E-state index in [1.165, 1.54) is 10.8 Å². The van der Waals surface area contributed by atoms with Crippen LogP contribution >= 0.6 is 0 Å². The number of hydrogen-bond acceptors (Lipinski definition) is 3. The third-order valence-corrected chi connectivity index (χ3v) is 1.10. The number of hydrogen-bond donors (Lipinski definition) is 1. The molecule has 1 amide bonds. The van der Waals surface area contributed by atoms with Crippen molar-refractivity contribution < 1.29 is 19.2 Å². The lowest BCUT2D eigenvalue weighted by Gasteiger charge is -1.82. The second-order valence-electron chi connectivity index (χ2n) is 1.93. The fourth-order valence-corrected chi connectivity index (χ4v) is 0.703. The Balaban J connectivity index is 2.72. The maximum Gasteiger partial charge on any atom is 0.596 e. The summed E-state index contributed by atoms with van der Waals surface area (Å²) in [6, 6.07) is 0. The van der Waals surface area contributed by atoms with Gasteiger partial charge in [-0.25, -0.2) is 0 Å². The van der Waals surface area contributed by atoms with Crippen LogP contribution < -0.4 is 0 Å². The molecular formula is C6H8NO3+. The minimum Gasteiger partial charge on any atom is -0.503 e. The summed E-state index contributed by atoms with van der Waals surface area (Å²) in [6.07, 6.45) is 0.810. The molecule has 54 valence electrons. The molecule has 0 radical (unpaired) electrons. The van der Waals surface area contributed by atoms with Crippen LogP contribution in [0.25, 0.3) is 0 Å². The molecule has 10 heavy (non-hydrogen) atoms. The molecule has 0 aliphatic carbocycles. The van der Waals surface area contributed by atoms with Gasteiger partial charge in [0, 0.05) is 0 Å². The third-order valence-electron chi connectivity index (χ3n) is 1.10. The highest BCUT2D eigenvalue weighted by molar-refractivity contribution is 5.76. The fourth-order valence-electron chi connectivity index (χ4n) is 0.703. The standard InChI is InChI=1S/C6H7NO3/c1-5(8)4-7-2-3-10-6(7)9/h4H,1-3H2/p+1/b7-4-. The first-order valence-corrected chi connectivity index (χ1v) is 2.86. The molecule has 1 N–H and O–H groups in total. The first kappa shape index (κ1) is 6.80. The Bertz CT molecular complexity index is 207. The monoisotopic (exact) mass is 142 g/mol. The van der Waals surface area contributed by atoms with Crippen molar-refractivity contribution in [3.8, 4) is 0 Å². The molecule has 4 nitrogen and oxygen atoms in total. The average molecular weight is 142 g/mol. The molecule has 1 saturated heterocycles. The van der Waals surface area contributed by atoms with E-state index in [1.807, 2.05) is 0 Å². The summed E-state index contributed by atoms with van der Waals surface area (Å²) in [5.74, 6) is -0.140. The zero-order chi connectivity index (χ0) is 7.56. The molecule has 0 aromatic heterocycles. The van der Waals surface area contributed by atoms with E-state index in [1.54, 1.807) is 0 Å². The number of aliphatic hydroxyl groups excluding tert-OH is 1. The largest absolute Gasteiger partial charge is 0.596 e. The lowest BCUT2D eigenvalue weighted by molar-refractivity contribution is -0.408. The normalized spacial score (nSPS) is 21.2. The lowest BCUT2D eigenvalue weighted by atomic mass is 10.6. The molecule has 0 unspecified atom stereocenters. The maximum absolute atomic E-state index is 10.6. The Morgan fingerprint density at radius 3 is 3.00 bits per heavy atom. The number of carbonyl (C=O) groups is 1. The van der Waals surface area contributed by atoms with Crippen LogP contribution in [0.15, 0.2) is 12.3 Å². The zero-order valence-electron chi connectivity index (χ0n) is 5.41. The van der Waals surface area contributed by atoms with E-state index in [2.05, 4.69) is 11.3 Å². The van der Waals surface area contributed by atoms with Crippen molar-refractivity contribution in [3.05, 3.63) is 12.3 Å². The number of rotatable bonds is 1. The first-order chi connectivity index (χ1) is 4.70. The van der Waals surface area contributed by atoms with Gasteiger partial charge in [-0.15, -0.1) is 4.58 Å². The quantitative estimate of drug-likeness (QED) is 0.423. The summed E-state index contributed by atoms with van der Waals surface area (Å²) >= 11 is 0. The molecule has 0 spiro atoms. The van der Waals surface area contributed by atoms with Gasteiger partial charge in [-0.2, -0.15) is 4.79 Å². The van der Waals surface area contributed by atoms with E-state index in [0.717, 1.165) is 0 Å². The van der Waals surface area contributed by atoms with Crippen molar-refractivity contribution in [2.45, 2.75) is 0 Å².